The molecule has 5 heteroatoms. The standard InChI is InChI=1S/C16H20N2O3/c19-14-6-8-18(9-7-14)16(21)12-2-1-3-13(10-12)17-15(20)11-4-5-11/h1-3,10-11,14,19H,4-9H2,(H,17,20). The predicted octanol–water partition coefficient (Wildman–Crippen LogP) is 1.63. The molecule has 0 atom stereocenters. The van der Waals surface area contributed by atoms with Crippen molar-refractivity contribution in [3.63, 3.8) is 0 Å². The van der Waals surface area contributed by atoms with Gasteiger partial charge in [0.25, 0.3) is 5.91 Å². The summed E-state index contributed by atoms with van der Waals surface area (Å²) in [4.78, 5) is 25.9. The van der Waals surface area contributed by atoms with Gasteiger partial charge in [-0.15, -0.1) is 0 Å². The Kier molecular flexibility index (Phi) is 3.92. The molecule has 1 aliphatic carbocycles. The first kappa shape index (κ1) is 14.1. The van der Waals surface area contributed by atoms with Gasteiger partial charge in [-0.1, -0.05) is 6.07 Å². The number of hydrogen-bond donors (Lipinski definition) is 2. The van der Waals surface area contributed by atoms with Crippen molar-refractivity contribution < 1.29 is 14.7 Å². The molecule has 0 unspecified atom stereocenters. The van der Waals surface area contributed by atoms with Gasteiger partial charge < -0.3 is 15.3 Å². The van der Waals surface area contributed by atoms with Crippen LogP contribution in [0, 0.1) is 5.92 Å². The lowest BCUT2D eigenvalue weighted by atomic mass is 10.1. The van der Waals surface area contributed by atoms with Crippen LogP contribution in [-0.2, 0) is 4.79 Å². The van der Waals surface area contributed by atoms with E-state index in [1.54, 1.807) is 29.2 Å². The molecule has 1 saturated heterocycles. The Morgan fingerprint density at radius 3 is 2.52 bits per heavy atom. The summed E-state index contributed by atoms with van der Waals surface area (Å²) in [5, 5.41) is 12.4. The van der Waals surface area contributed by atoms with Gasteiger partial charge >= 0.3 is 0 Å². The van der Waals surface area contributed by atoms with E-state index in [9.17, 15) is 14.7 Å². The zero-order chi connectivity index (χ0) is 14.8. The summed E-state index contributed by atoms with van der Waals surface area (Å²) in [6, 6.07) is 7.08. The number of nitrogens with zero attached hydrogens (tertiary/aromatic N) is 1. The highest BCUT2D eigenvalue weighted by Gasteiger charge is 2.29. The first-order valence-electron chi connectivity index (χ1n) is 7.52. The van der Waals surface area contributed by atoms with E-state index in [4.69, 9.17) is 0 Å². The van der Waals surface area contributed by atoms with Crippen molar-refractivity contribution >= 4 is 17.5 Å². The topological polar surface area (TPSA) is 69.6 Å². The molecule has 0 aromatic heterocycles. The van der Waals surface area contributed by atoms with Gasteiger partial charge in [0.2, 0.25) is 5.91 Å². The summed E-state index contributed by atoms with van der Waals surface area (Å²) in [6.45, 7) is 1.16. The number of piperidine rings is 1. The molecule has 0 radical (unpaired) electrons. The van der Waals surface area contributed by atoms with E-state index < -0.39 is 0 Å². The minimum atomic E-state index is -0.293. The fraction of sp³-hybridized carbons (Fsp3) is 0.500. The second kappa shape index (κ2) is 5.85. The van der Waals surface area contributed by atoms with Crippen molar-refractivity contribution in [2.45, 2.75) is 31.8 Å². The summed E-state index contributed by atoms with van der Waals surface area (Å²) in [5.41, 5.74) is 1.26. The average molecular weight is 288 g/mol. The molecule has 1 aromatic carbocycles. The third-order valence-electron chi connectivity index (χ3n) is 4.08. The first-order chi connectivity index (χ1) is 10.1. The van der Waals surface area contributed by atoms with Gasteiger partial charge in [-0.2, -0.15) is 0 Å². The predicted molar refractivity (Wildman–Crippen MR) is 78.9 cm³/mol. The zero-order valence-corrected chi connectivity index (χ0v) is 11.9. The van der Waals surface area contributed by atoms with E-state index >= 15 is 0 Å². The maximum Gasteiger partial charge on any atom is 0.253 e. The van der Waals surface area contributed by atoms with Crippen LogP contribution in [0.4, 0.5) is 5.69 Å². The maximum absolute atomic E-state index is 12.4. The van der Waals surface area contributed by atoms with E-state index in [1.807, 2.05) is 0 Å². The number of aliphatic hydroxyl groups is 1. The van der Waals surface area contributed by atoms with Crippen LogP contribution in [0.1, 0.15) is 36.0 Å². The lowest BCUT2D eigenvalue weighted by Crippen LogP contribution is -2.40. The Bertz CT molecular complexity index is 546. The molecular formula is C16H20N2O3. The third-order valence-corrected chi connectivity index (χ3v) is 4.08. The first-order valence-corrected chi connectivity index (χ1v) is 7.52. The number of likely N-dealkylation sites (tertiary alicyclic amines) is 1. The van der Waals surface area contributed by atoms with Crippen molar-refractivity contribution in [2.24, 2.45) is 5.92 Å². The van der Waals surface area contributed by atoms with Crippen LogP contribution in [-0.4, -0.2) is 41.0 Å². The Morgan fingerprint density at radius 1 is 1.14 bits per heavy atom. The molecule has 2 aliphatic rings. The lowest BCUT2D eigenvalue weighted by molar-refractivity contribution is -0.117. The quantitative estimate of drug-likeness (QED) is 0.888. The monoisotopic (exact) mass is 288 g/mol. The van der Waals surface area contributed by atoms with Gasteiger partial charge in [0.15, 0.2) is 0 Å². The SMILES string of the molecule is O=C(Nc1cccc(C(=O)N2CCC(O)CC2)c1)C1CC1. The Morgan fingerprint density at radius 2 is 1.86 bits per heavy atom. The average Bonchev–Trinajstić information content (AvgIpc) is 3.32. The summed E-state index contributed by atoms with van der Waals surface area (Å²) in [6.07, 6.45) is 2.88. The molecule has 1 saturated carbocycles. The fourth-order valence-corrected chi connectivity index (χ4v) is 2.57. The normalized spacial score (nSPS) is 19.4. The number of benzene rings is 1. The van der Waals surface area contributed by atoms with Gasteiger partial charge in [0.1, 0.15) is 0 Å². The van der Waals surface area contributed by atoms with Crippen molar-refractivity contribution in [1.29, 1.82) is 0 Å². The number of rotatable bonds is 3. The molecule has 1 heterocycles. The maximum atomic E-state index is 12.4. The summed E-state index contributed by atoms with van der Waals surface area (Å²) in [7, 11) is 0. The molecule has 5 nitrogen and oxygen atoms in total. The van der Waals surface area contributed by atoms with Crippen LogP contribution >= 0.6 is 0 Å². The number of carbonyl (C=O) groups excluding carboxylic acids is 2. The Hall–Kier alpha value is -1.88. The van der Waals surface area contributed by atoms with Crippen LogP contribution < -0.4 is 5.32 Å². The fourth-order valence-electron chi connectivity index (χ4n) is 2.57. The second-order valence-electron chi connectivity index (χ2n) is 5.87. The van der Waals surface area contributed by atoms with Gasteiger partial charge in [0, 0.05) is 30.3 Å². The Labute approximate surface area is 123 Å². The summed E-state index contributed by atoms with van der Waals surface area (Å²) in [5.74, 6) is 0.151. The highest BCUT2D eigenvalue weighted by molar-refractivity contribution is 5.98. The summed E-state index contributed by atoms with van der Waals surface area (Å²) >= 11 is 0. The number of amides is 2. The van der Waals surface area contributed by atoms with Gasteiger partial charge in [-0.3, -0.25) is 9.59 Å². The van der Waals surface area contributed by atoms with Crippen LogP contribution in [0.5, 0.6) is 0 Å². The lowest BCUT2D eigenvalue weighted by Gasteiger charge is -2.29. The number of aliphatic hydroxyl groups excluding tert-OH is 1. The highest BCUT2D eigenvalue weighted by atomic mass is 16.3. The molecule has 3 rings (SSSR count). The van der Waals surface area contributed by atoms with Crippen molar-refractivity contribution in [3.8, 4) is 0 Å². The number of carbonyl (C=O) groups is 2. The molecule has 112 valence electrons. The van der Waals surface area contributed by atoms with Gasteiger partial charge in [-0.05, 0) is 43.9 Å². The Balaban J connectivity index is 1.67. The van der Waals surface area contributed by atoms with E-state index in [1.165, 1.54) is 0 Å². The van der Waals surface area contributed by atoms with E-state index in [0.717, 1.165) is 12.8 Å². The number of anilines is 1. The minimum absolute atomic E-state index is 0.0376. The van der Waals surface area contributed by atoms with E-state index in [-0.39, 0.29) is 23.8 Å². The largest absolute Gasteiger partial charge is 0.393 e. The minimum Gasteiger partial charge on any atom is -0.393 e. The molecule has 2 amide bonds. The van der Waals surface area contributed by atoms with E-state index in [2.05, 4.69) is 5.32 Å². The third kappa shape index (κ3) is 3.42. The molecule has 1 aliphatic heterocycles. The number of hydrogen-bond acceptors (Lipinski definition) is 3. The van der Waals surface area contributed by atoms with Crippen LogP contribution in [0.25, 0.3) is 0 Å². The molecule has 0 spiro atoms. The number of nitrogens with one attached hydrogen (secondary N) is 1. The molecule has 2 N–H and O–H groups in total. The van der Waals surface area contributed by atoms with Crippen molar-refractivity contribution in [3.05, 3.63) is 29.8 Å². The molecule has 2 fully saturated rings. The smallest absolute Gasteiger partial charge is 0.253 e. The van der Waals surface area contributed by atoms with Crippen molar-refractivity contribution in [1.82, 2.24) is 4.90 Å². The molecule has 21 heavy (non-hydrogen) atoms. The van der Waals surface area contributed by atoms with Gasteiger partial charge in [0.05, 0.1) is 6.10 Å². The molecule has 0 bridgehead atoms. The van der Waals surface area contributed by atoms with Crippen LogP contribution in [0.3, 0.4) is 0 Å². The van der Waals surface area contributed by atoms with Crippen molar-refractivity contribution in [2.75, 3.05) is 18.4 Å². The molecule has 1 aromatic rings. The zero-order valence-electron chi connectivity index (χ0n) is 11.9. The van der Waals surface area contributed by atoms with Crippen LogP contribution in [0.2, 0.25) is 0 Å². The molecular weight excluding hydrogens is 268 g/mol. The summed E-state index contributed by atoms with van der Waals surface area (Å²) < 4.78 is 0. The van der Waals surface area contributed by atoms with Gasteiger partial charge in [-0.25, -0.2) is 0 Å². The van der Waals surface area contributed by atoms with E-state index in [0.29, 0.717) is 37.2 Å². The second-order valence-corrected chi connectivity index (χ2v) is 5.87. The van der Waals surface area contributed by atoms with Crippen LogP contribution in [0.15, 0.2) is 24.3 Å². The highest BCUT2D eigenvalue weighted by Crippen LogP contribution is 2.30.